The van der Waals surface area contributed by atoms with Crippen molar-refractivity contribution in [3.63, 3.8) is 0 Å². The topological polar surface area (TPSA) is 120 Å². The highest BCUT2D eigenvalue weighted by Gasteiger charge is 2.26. The number of halogens is 1. The van der Waals surface area contributed by atoms with E-state index in [0.29, 0.717) is 30.5 Å². The fourth-order valence-corrected chi connectivity index (χ4v) is 5.76. The van der Waals surface area contributed by atoms with E-state index in [4.69, 9.17) is 20.2 Å². The van der Waals surface area contributed by atoms with Gasteiger partial charge in [0.1, 0.15) is 17.7 Å². The first-order valence-electron chi connectivity index (χ1n) is 12.3. The highest BCUT2D eigenvalue weighted by atomic mass is 127. The summed E-state index contributed by atoms with van der Waals surface area (Å²) < 4.78 is 14.1. The SMILES string of the molecule is COc1ccc(I)c(Sc2nc3c(N)ncnc3n2CCCNC2CCN(C(=O)OC(C)(C)C)CC2)c1. The van der Waals surface area contributed by atoms with Gasteiger partial charge in [0.15, 0.2) is 22.1 Å². The number of amides is 1. The Hall–Kier alpha value is -2.32. The van der Waals surface area contributed by atoms with E-state index in [2.05, 4.69) is 42.4 Å². The molecule has 0 atom stereocenters. The first kappa shape index (κ1) is 27.7. The predicted molar refractivity (Wildman–Crippen MR) is 153 cm³/mol. The minimum atomic E-state index is -0.471. The van der Waals surface area contributed by atoms with Crippen molar-refractivity contribution >= 4 is 57.4 Å². The summed E-state index contributed by atoms with van der Waals surface area (Å²) in [6.07, 6.45) is 3.97. The van der Waals surface area contributed by atoms with Crippen LogP contribution in [0.4, 0.5) is 10.6 Å². The Kier molecular flexibility index (Phi) is 9.01. The Labute approximate surface area is 235 Å². The zero-order valence-electron chi connectivity index (χ0n) is 21.7. The average molecular weight is 640 g/mol. The first-order valence-corrected chi connectivity index (χ1v) is 14.2. The number of hydrogen-bond donors (Lipinski definition) is 2. The molecule has 0 spiro atoms. The minimum Gasteiger partial charge on any atom is -0.497 e. The number of rotatable bonds is 8. The van der Waals surface area contributed by atoms with Crippen molar-refractivity contribution in [2.45, 2.75) is 68.3 Å². The second-order valence-electron chi connectivity index (χ2n) is 9.92. The number of aromatic nitrogens is 4. The number of carbonyl (C=O) groups excluding carboxylic acids is 1. The Bertz CT molecular complexity index is 1240. The van der Waals surface area contributed by atoms with Gasteiger partial charge in [-0.15, -0.1) is 0 Å². The van der Waals surface area contributed by atoms with E-state index in [1.807, 2.05) is 39.0 Å². The third-order valence-corrected chi connectivity index (χ3v) is 8.36. The summed E-state index contributed by atoms with van der Waals surface area (Å²) in [5, 5.41) is 4.47. The molecule has 200 valence electrons. The third-order valence-electron chi connectivity index (χ3n) is 6.00. The molecular formula is C25H34IN7O3S. The molecule has 37 heavy (non-hydrogen) atoms. The van der Waals surface area contributed by atoms with Crippen LogP contribution in [0.25, 0.3) is 11.2 Å². The van der Waals surface area contributed by atoms with E-state index < -0.39 is 5.60 Å². The van der Waals surface area contributed by atoms with Crippen molar-refractivity contribution in [1.82, 2.24) is 29.7 Å². The molecule has 0 saturated carbocycles. The lowest BCUT2D eigenvalue weighted by Gasteiger charge is -2.33. The summed E-state index contributed by atoms with van der Waals surface area (Å²) in [4.78, 5) is 28.5. The molecule has 1 saturated heterocycles. The molecule has 3 N–H and O–H groups in total. The van der Waals surface area contributed by atoms with Crippen LogP contribution < -0.4 is 15.8 Å². The number of imidazole rings is 1. The molecule has 3 heterocycles. The molecule has 4 rings (SSSR count). The second-order valence-corrected chi connectivity index (χ2v) is 12.1. The normalized spacial score (nSPS) is 14.8. The van der Waals surface area contributed by atoms with Gasteiger partial charge in [-0.25, -0.2) is 19.7 Å². The fraction of sp³-hybridized carbons (Fsp3) is 0.520. The molecule has 0 unspecified atom stereocenters. The van der Waals surface area contributed by atoms with Crippen LogP contribution >= 0.6 is 34.4 Å². The maximum absolute atomic E-state index is 12.3. The van der Waals surface area contributed by atoms with E-state index in [1.54, 1.807) is 23.8 Å². The van der Waals surface area contributed by atoms with E-state index >= 15 is 0 Å². The van der Waals surface area contributed by atoms with Gasteiger partial charge in [0.2, 0.25) is 0 Å². The van der Waals surface area contributed by atoms with Gasteiger partial charge >= 0.3 is 6.09 Å². The summed E-state index contributed by atoms with van der Waals surface area (Å²) in [5.41, 5.74) is 7.00. The third kappa shape index (κ3) is 7.17. The van der Waals surface area contributed by atoms with Crippen LogP contribution in [0.3, 0.4) is 0 Å². The smallest absolute Gasteiger partial charge is 0.410 e. The number of anilines is 1. The standard InChI is InChI=1S/C25H34IN7O3S/c1-25(2,3)36-24(34)32-12-8-16(9-13-32)28-10-5-11-33-22-20(21(27)29-15-30-22)31-23(33)37-19-14-17(35-4)6-7-18(19)26/h6-7,14-16,28H,5,8-13H2,1-4H3,(H2,27,29,30). The number of aryl methyl sites for hydroxylation is 1. The number of carbonyl (C=O) groups is 1. The summed E-state index contributed by atoms with van der Waals surface area (Å²) in [6, 6.07) is 6.36. The van der Waals surface area contributed by atoms with Crippen LogP contribution in [0.5, 0.6) is 5.75 Å². The van der Waals surface area contributed by atoms with Crippen molar-refractivity contribution in [1.29, 1.82) is 0 Å². The fourth-order valence-electron chi connectivity index (χ4n) is 4.14. The molecule has 0 radical (unpaired) electrons. The maximum atomic E-state index is 12.3. The number of piperidine rings is 1. The lowest BCUT2D eigenvalue weighted by molar-refractivity contribution is 0.0198. The predicted octanol–water partition coefficient (Wildman–Crippen LogP) is 4.55. The second kappa shape index (κ2) is 12.0. The summed E-state index contributed by atoms with van der Waals surface area (Å²) >= 11 is 3.89. The van der Waals surface area contributed by atoms with Crippen LogP contribution in [0.1, 0.15) is 40.0 Å². The molecule has 10 nitrogen and oxygen atoms in total. The number of nitrogens with one attached hydrogen (secondary N) is 1. The van der Waals surface area contributed by atoms with Crippen LogP contribution in [0.15, 0.2) is 34.6 Å². The van der Waals surface area contributed by atoms with E-state index in [9.17, 15) is 4.79 Å². The average Bonchev–Trinajstić information content (AvgIpc) is 3.21. The van der Waals surface area contributed by atoms with E-state index in [0.717, 1.165) is 57.4 Å². The molecule has 12 heteroatoms. The minimum absolute atomic E-state index is 0.227. The number of nitrogens with zero attached hydrogens (tertiary/aromatic N) is 5. The molecular weight excluding hydrogens is 605 g/mol. The van der Waals surface area contributed by atoms with Crippen molar-refractivity contribution in [3.8, 4) is 5.75 Å². The number of hydrogen-bond acceptors (Lipinski definition) is 9. The van der Waals surface area contributed by atoms with Crippen LogP contribution in [-0.2, 0) is 11.3 Å². The van der Waals surface area contributed by atoms with Gasteiger partial charge in [-0.2, -0.15) is 0 Å². The number of fused-ring (bicyclic) bond motifs is 1. The van der Waals surface area contributed by atoms with Gasteiger partial charge < -0.3 is 30.0 Å². The molecule has 1 aliphatic heterocycles. The molecule has 1 fully saturated rings. The van der Waals surface area contributed by atoms with Gasteiger partial charge in [0.25, 0.3) is 0 Å². The Balaban J connectivity index is 1.37. The molecule has 1 amide bonds. The van der Waals surface area contributed by atoms with Gasteiger partial charge in [0.05, 0.1) is 7.11 Å². The van der Waals surface area contributed by atoms with Crippen molar-refractivity contribution < 1.29 is 14.3 Å². The number of benzene rings is 1. The number of nitrogens with two attached hydrogens (primary N) is 1. The zero-order valence-corrected chi connectivity index (χ0v) is 24.6. The molecule has 1 aliphatic rings. The highest BCUT2D eigenvalue weighted by Crippen LogP contribution is 2.35. The van der Waals surface area contributed by atoms with Crippen LogP contribution in [0.2, 0.25) is 0 Å². The van der Waals surface area contributed by atoms with Crippen LogP contribution in [-0.4, -0.2) is 68.9 Å². The largest absolute Gasteiger partial charge is 0.497 e. The van der Waals surface area contributed by atoms with Crippen molar-refractivity contribution in [3.05, 3.63) is 28.1 Å². The van der Waals surface area contributed by atoms with E-state index in [-0.39, 0.29) is 6.09 Å². The summed E-state index contributed by atoms with van der Waals surface area (Å²) in [5.74, 6) is 1.17. The lowest BCUT2D eigenvalue weighted by Crippen LogP contribution is -2.46. The molecule has 1 aromatic carbocycles. The van der Waals surface area contributed by atoms with Crippen LogP contribution in [0, 0.1) is 3.57 Å². The summed E-state index contributed by atoms with van der Waals surface area (Å²) in [7, 11) is 1.66. The van der Waals surface area contributed by atoms with Crippen molar-refractivity contribution in [2.75, 3.05) is 32.5 Å². The number of methoxy groups -OCH3 is 1. The Morgan fingerprint density at radius 3 is 2.73 bits per heavy atom. The van der Waals surface area contributed by atoms with Gasteiger partial charge in [-0.05, 0) is 87.4 Å². The van der Waals surface area contributed by atoms with Gasteiger partial charge in [0, 0.05) is 34.1 Å². The number of likely N-dealkylation sites (tertiary alicyclic amines) is 1. The van der Waals surface area contributed by atoms with E-state index in [1.165, 1.54) is 6.33 Å². The molecule has 3 aromatic rings. The summed E-state index contributed by atoms with van der Waals surface area (Å²) in [6.45, 7) is 8.67. The molecule has 2 aromatic heterocycles. The number of nitrogen functional groups attached to an aromatic ring is 1. The Morgan fingerprint density at radius 1 is 1.27 bits per heavy atom. The highest BCUT2D eigenvalue weighted by molar-refractivity contribution is 14.1. The molecule has 0 aliphatic carbocycles. The quantitative estimate of drug-likeness (QED) is 0.270. The van der Waals surface area contributed by atoms with Crippen molar-refractivity contribution in [2.24, 2.45) is 0 Å². The molecule has 0 bridgehead atoms. The first-order chi connectivity index (χ1) is 17.6. The van der Waals surface area contributed by atoms with Gasteiger partial charge in [-0.3, -0.25) is 0 Å². The number of ether oxygens (including phenoxy) is 2. The Morgan fingerprint density at radius 2 is 2.03 bits per heavy atom. The lowest BCUT2D eigenvalue weighted by atomic mass is 10.1. The van der Waals surface area contributed by atoms with Gasteiger partial charge in [-0.1, -0.05) is 11.8 Å². The monoisotopic (exact) mass is 639 g/mol. The zero-order chi connectivity index (χ0) is 26.6. The maximum Gasteiger partial charge on any atom is 0.410 e.